The third-order valence-corrected chi connectivity index (χ3v) is 4.17. The zero-order valence-corrected chi connectivity index (χ0v) is 12.9. The fraction of sp³-hybridized carbons (Fsp3) is 0.471. The smallest absolute Gasteiger partial charge is 0.128 e. The molecule has 0 bridgehead atoms. The number of piperidine rings is 1. The zero-order valence-electron chi connectivity index (χ0n) is 12.9. The van der Waals surface area contributed by atoms with Gasteiger partial charge >= 0.3 is 0 Å². The lowest BCUT2D eigenvalue weighted by molar-refractivity contribution is 0.132. The van der Waals surface area contributed by atoms with Gasteiger partial charge in [0.25, 0.3) is 0 Å². The van der Waals surface area contributed by atoms with Gasteiger partial charge in [-0.15, -0.1) is 0 Å². The van der Waals surface area contributed by atoms with Gasteiger partial charge in [0.15, 0.2) is 0 Å². The molecule has 0 radical (unpaired) electrons. The van der Waals surface area contributed by atoms with Crippen LogP contribution >= 0.6 is 0 Å². The molecule has 0 atom stereocenters. The lowest BCUT2D eigenvalue weighted by Gasteiger charge is -2.28. The number of nitrogens with zero attached hydrogens (tertiary/aromatic N) is 3. The Morgan fingerprint density at radius 1 is 1.23 bits per heavy atom. The van der Waals surface area contributed by atoms with E-state index in [1.807, 2.05) is 42.1 Å². The van der Waals surface area contributed by atoms with Crippen LogP contribution < -0.4 is 4.74 Å². The number of ether oxygens (including phenoxy) is 1. The summed E-state index contributed by atoms with van der Waals surface area (Å²) in [6.45, 7) is 3.11. The topological polar surface area (TPSA) is 30.3 Å². The first-order valence-corrected chi connectivity index (χ1v) is 7.80. The maximum Gasteiger partial charge on any atom is 0.128 e. The molecular weight excluding hydrogens is 281 g/mol. The molecule has 4 nitrogen and oxygen atoms in total. The molecule has 0 saturated carbocycles. The van der Waals surface area contributed by atoms with Gasteiger partial charge < -0.3 is 4.74 Å². The first-order valence-electron chi connectivity index (χ1n) is 7.80. The van der Waals surface area contributed by atoms with Crippen LogP contribution in [0, 0.1) is 0 Å². The lowest BCUT2D eigenvalue weighted by Crippen LogP contribution is -2.37. The van der Waals surface area contributed by atoms with Crippen LogP contribution in [0.15, 0.2) is 36.5 Å². The summed E-state index contributed by atoms with van der Waals surface area (Å²) in [4.78, 5) is 2.27. The quantitative estimate of drug-likeness (QED) is 0.851. The molecule has 1 fully saturated rings. The number of para-hydroxylation sites is 1. The minimum atomic E-state index is -0.622. The average molecular weight is 303 g/mol. The van der Waals surface area contributed by atoms with Crippen molar-refractivity contribution in [2.75, 3.05) is 26.2 Å². The summed E-state index contributed by atoms with van der Waals surface area (Å²) < 4.78 is 20.9. The van der Waals surface area contributed by atoms with Crippen LogP contribution in [0.5, 0.6) is 5.75 Å². The summed E-state index contributed by atoms with van der Waals surface area (Å²) in [6, 6.07) is 9.98. The first-order chi connectivity index (χ1) is 10.7. The highest BCUT2D eigenvalue weighted by Gasteiger charge is 2.18. The highest BCUT2D eigenvalue weighted by molar-refractivity contribution is 5.67. The molecule has 0 aliphatic carbocycles. The van der Waals surface area contributed by atoms with Crippen LogP contribution in [0.25, 0.3) is 11.3 Å². The van der Waals surface area contributed by atoms with Crippen LogP contribution in [-0.2, 0) is 7.05 Å². The molecule has 2 aromatic rings. The molecule has 1 aliphatic heterocycles. The summed E-state index contributed by atoms with van der Waals surface area (Å²) in [6.07, 6.45) is 2.45. The Bertz CT molecular complexity index is 605. The van der Waals surface area contributed by atoms with Crippen molar-refractivity contribution in [1.82, 2.24) is 14.7 Å². The van der Waals surface area contributed by atoms with Gasteiger partial charge in [0, 0.05) is 38.4 Å². The van der Waals surface area contributed by atoms with E-state index in [9.17, 15) is 4.39 Å². The standard InChI is InChI=1S/C17H22FN3O/c1-20-16(6-9-19-20)15-4-2-3-5-17(15)22-13-12-21-10-7-14(18)8-11-21/h2-6,9,14H,7-8,10-13H2,1H3. The predicted molar refractivity (Wildman–Crippen MR) is 84.7 cm³/mol. The third kappa shape index (κ3) is 3.47. The molecule has 118 valence electrons. The van der Waals surface area contributed by atoms with Crippen molar-refractivity contribution in [2.45, 2.75) is 19.0 Å². The summed E-state index contributed by atoms with van der Waals surface area (Å²) in [5.74, 6) is 0.867. The second-order valence-corrected chi connectivity index (χ2v) is 5.70. The monoisotopic (exact) mass is 303 g/mol. The van der Waals surface area contributed by atoms with E-state index in [4.69, 9.17) is 4.74 Å². The third-order valence-electron chi connectivity index (χ3n) is 4.17. The Kier molecular flexibility index (Phi) is 4.73. The van der Waals surface area contributed by atoms with Crippen molar-refractivity contribution in [2.24, 2.45) is 7.05 Å². The number of likely N-dealkylation sites (tertiary alicyclic amines) is 1. The van der Waals surface area contributed by atoms with E-state index in [2.05, 4.69) is 10.00 Å². The fourth-order valence-corrected chi connectivity index (χ4v) is 2.85. The Hall–Kier alpha value is -1.88. The molecule has 0 unspecified atom stereocenters. The van der Waals surface area contributed by atoms with Gasteiger partial charge in [0.2, 0.25) is 0 Å². The van der Waals surface area contributed by atoms with Gasteiger partial charge in [0.1, 0.15) is 18.5 Å². The molecular formula is C17H22FN3O. The van der Waals surface area contributed by atoms with Crippen molar-refractivity contribution in [3.05, 3.63) is 36.5 Å². The number of hydrogen-bond donors (Lipinski definition) is 0. The highest BCUT2D eigenvalue weighted by Crippen LogP contribution is 2.29. The Labute approximate surface area is 130 Å². The molecule has 0 spiro atoms. The van der Waals surface area contributed by atoms with Crippen LogP contribution in [0.3, 0.4) is 0 Å². The lowest BCUT2D eigenvalue weighted by atomic mass is 10.1. The van der Waals surface area contributed by atoms with E-state index < -0.39 is 6.17 Å². The number of benzene rings is 1. The number of hydrogen-bond acceptors (Lipinski definition) is 3. The van der Waals surface area contributed by atoms with Gasteiger partial charge in [-0.3, -0.25) is 9.58 Å². The predicted octanol–water partition coefficient (Wildman–Crippen LogP) is 2.90. The summed E-state index contributed by atoms with van der Waals surface area (Å²) >= 11 is 0. The van der Waals surface area contributed by atoms with E-state index in [1.165, 1.54) is 0 Å². The number of rotatable bonds is 5. The zero-order chi connectivity index (χ0) is 15.4. The number of halogens is 1. The molecule has 0 amide bonds. The van der Waals surface area contributed by atoms with Gasteiger partial charge in [-0.1, -0.05) is 12.1 Å². The van der Waals surface area contributed by atoms with E-state index in [0.717, 1.165) is 36.6 Å². The second-order valence-electron chi connectivity index (χ2n) is 5.70. The molecule has 1 aromatic heterocycles. The van der Waals surface area contributed by atoms with Gasteiger partial charge in [-0.25, -0.2) is 4.39 Å². The fourth-order valence-electron chi connectivity index (χ4n) is 2.85. The Morgan fingerprint density at radius 3 is 2.73 bits per heavy atom. The Morgan fingerprint density at radius 2 is 2.00 bits per heavy atom. The molecule has 5 heteroatoms. The van der Waals surface area contributed by atoms with Crippen molar-refractivity contribution < 1.29 is 9.13 Å². The van der Waals surface area contributed by atoms with Crippen LogP contribution in [-0.4, -0.2) is 47.1 Å². The largest absolute Gasteiger partial charge is 0.492 e. The summed E-state index contributed by atoms with van der Waals surface area (Å²) in [5.41, 5.74) is 2.08. The maximum atomic E-state index is 13.1. The summed E-state index contributed by atoms with van der Waals surface area (Å²) in [5, 5.41) is 4.21. The van der Waals surface area contributed by atoms with Crippen molar-refractivity contribution in [3.63, 3.8) is 0 Å². The average Bonchev–Trinajstić information content (AvgIpc) is 2.96. The number of aromatic nitrogens is 2. The Balaban J connectivity index is 1.60. The first kappa shape index (κ1) is 15.0. The minimum absolute atomic E-state index is 0.617. The van der Waals surface area contributed by atoms with Crippen LogP contribution in [0.1, 0.15) is 12.8 Å². The molecule has 1 saturated heterocycles. The van der Waals surface area contributed by atoms with E-state index in [1.54, 1.807) is 6.20 Å². The normalized spacial score (nSPS) is 16.8. The molecule has 22 heavy (non-hydrogen) atoms. The van der Waals surface area contributed by atoms with E-state index in [0.29, 0.717) is 19.4 Å². The number of aryl methyl sites for hydroxylation is 1. The highest BCUT2D eigenvalue weighted by atomic mass is 19.1. The van der Waals surface area contributed by atoms with E-state index >= 15 is 0 Å². The molecule has 0 N–H and O–H groups in total. The number of alkyl halides is 1. The molecule has 1 aromatic carbocycles. The minimum Gasteiger partial charge on any atom is -0.492 e. The molecule has 3 rings (SSSR count). The van der Waals surface area contributed by atoms with Gasteiger partial charge in [0.05, 0.1) is 5.69 Å². The van der Waals surface area contributed by atoms with Crippen molar-refractivity contribution in [1.29, 1.82) is 0 Å². The maximum absolute atomic E-state index is 13.1. The molecule has 1 aliphatic rings. The van der Waals surface area contributed by atoms with Gasteiger partial charge in [-0.05, 0) is 31.0 Å². The summed E-state index contributed by atoms with van der Waals surface area (Å²) in [7, 11) is 1.92. The SMILES string of the molecule is Cn1nccc1-c1ccccc1OCCN1CCC(F)CC1. The van der Waals surface area contributed by atoms with Gasteiger partial charge in [-0.2, -0.15) is 5.10 Å². The van der Waals surface area contributed by atoms with E-state index in [-0.39, 0.29) is 0 Å². The molecule has 2 heterocycles. The van der Waals surface area contributed by atoms with Crippen molar-refractivity contribution >= 4 is 0 Å². The van der Waals surface area contributed by atoms with Crippen molar-refractivity contribution in [3.8, 4) is 17.0 Å². The second kappa shape index (κ2) is 6.92. The van der Waals surface area contributed by atoms with Crippen LogP contribution in [0.2, 0.25) is 0 Å². The van der Waals surface area contributed by atoms with Crippen LogP contribution in [0.4, 0.5) is 4.39 Å².